The zero-order valence-corrected chi connectivity index (χ0v) is 8.62. The van der Waals surface area contributed by atoms with Gasteiger partial charge in [0.05, 0.1) is 26.4 Å². The smallest absolute Gasteiger partial charge is 0.332 e. The van der Waals surface area contributed by atoms with Gasteiger partial charge in [-0.2, -0.15) is 0 Å². The lowest BCUT2D eigenvalue weighted by Crippen LogP contribution is -2.12. The molecule has 0 aromatic rings. The van der Waals surface area contributed by atoms with Gasteiger partial charge >= 0.3 is 5.97 Å². The van der Waals surface area contributed by atoms with Gasteiger partial charge in [0.1, 0.15) is 0 Å². The Morgan fingerprint density at radius 1 is 1.43 bits per heavy atom. The van der Waals surface area contributed by atoms with Gasteiger partial charge in [-0.1, -0.05) is 0 Å². The fraction of sp³-hybridized carbons (Fsp3) is 0.667. The molecule has 0 radical (unpaired) electrons. The standard InChI is InChI=1S/C9H17NO4/c1-3-14-9(11)6-8(10)7-13-5-4-12-2/h6H,3-5,7,10H2,1-2H3. The fourth-order valence-electron chi connectivity index (χ4n) is 0.709. The van der Waals surface area contributed by atoms with E-state index < -0.39 is 5.97 Å². The van der Waals surface area contributed by atoms with Crippen molar-refractivity contribution in [3.63, 3.8) is 0 Å². The van der Waals surface area contributed by atoms with Crippen molar-refractivity contribution >= 4 is 5.97 Å². The predicted molar refractivity (Wildman–Crippen MR) is 51.6 cm³/mol. The molecule has 14 heavy (non-hydrogen) atoms. The lowest BCUT2D eigenvalue weighted by Gasteiger charge is -2.03. The van der Waals surface area contributed by atoms with Gasteiger partial charge in [0, 0.05) is 18.9 Å². The highest BCUT2D eigenvalue weighted by molar-refractivity contribution is 5.82. The van der Waals surface area contributed by atoms with Crippen molar-refractivity contribution < 1.29 is 19.0 Å². The minimum Gasteiger partial charge on any atom is -0.463 e. The van der Waals surface area contributed by atoms with Crippen molar-refractivity contribution in [2.45, 2.75) is 6.92 Å². The van der Waals surface area contributed by atoms with Crippen LogP contribution in [0.3, 0.4) is 0 Å². The first-order chi connectivity index (χ1) is 6.70. The van der Waals surface area contributed by atoms with Crippen molar-refractivity contribution in [3.8, 4) is 0 Å². The van der Waals surface area contributed by atoms with E-state index in [1.165, 1.54) is 6.08 Å². The van der Waals surface area contributed by atoms with Gasteiger partial charge in [0.2, 0.25) is 0 Å². The van der Waals surface area contributed by atoms with E-state index in [0.717, 1.165) is 0 Å². The Balaban J connectivity index is 3.60. The molecule has 0 heterocycles. The molecule has 0 amide bonds. The van der Waals surface area contributed by atoms with Gasteiger partial charge in [-0.3, -0.25) is 0 Å². The van der Waals surface area contributed by atoms with Crippen molar-refractivity contribution in [3.05, 3.63) is 11.8 Å². The van der Waals surface area contributed by atoms with Gasteiger partial charge in [0.15, 0.2) is 0 Å². The van der Waals surface area contributed by atoms with Crippen LogP contribution in [-0.2, 0) is 19.0 Å². The average Bonchev–Trinajstić information content (AvgIpc) is 2.13. The molecule has 0 aromatic carbocycles. The normalized spacial score (nSPS) is 11.4. The van der Waals surface area contributed by atoms with E-state index in [1.807, 2.05) is 0 Å². The van der Waals surface area contributed by atoms with E-state index >= 15 is 0 Å². The van der Waals surface area contributed by atoms with Crippen LogP contribution in [0, 0.1) is 0 Å². The molecule has 0 aliphatic carbocycles. The Hall–Kier alpha value is -1.07. The summed E-state index contributed by atoms with van der Waals surface area (Å²) in [6, 6.07) is 0. The first-order valence-electron chi connectivity index (χ1n) is 4.40. The van der Waals surface area contributed by atoms with Crippen LogP contribution < -0.4 is 5.73 Å². The molecule has 0 atom stereocenters. The van der Waals surface area contributed by atoms with E-state index in [-0.39, 0.29) is 6.61 Å². The number of esters is 1. The summed E-state index contributed by atoms with van der Waals surface area (Å²) in [5.74, 6) is -0.444. The molecule has 0 rings (SSSR count). The number of hydrogen-bond acceptors (Lipinski definition) is 5. The summed E-state index contributed by atoms with van der Waals surface area (Å²) in [4.78, 5) is 10.9. The van der Waals surface area contributed by atoms with Crippen LogP contribution >= 0.6 is 0 Å². The highest BCUT2D eigenvalue weighted by Crippen LogP contribution is 1.89. The molecule has 0 aliphatic rings. The van der Waals surface area contributed by atoms with Crippen LogP contribution in [0.2, 0.25) is 0 Å². The summed E-state index contributed by atoms with van der Waals surface area (Å²) in [6.07, 6.45) is 1.22. The Labute approximate surface area is 83.8 Å². The van der Waals surface area contributed by atoms with Crippen molar-refractivity contribution in [2.75, 3.05) is 33.5 Å². The highest BCUT2D eigenvalue weighted by atomic mass is 16.5. The van der Waals surface area contributed by atoms with Gasteiger partial charge in [-0.05, 0) is 6.92 Å². The number of carbonyl (C=O) groups excluding carboxylic acids is 1. The first-order valence-corrected chi connectivity index (χ1v) is 4.40. The molecule has 0 bridgehead atoms. The molecule has 0 unspecified atom stereocenters. The third-order valence-corrected chi connectivity index (χ3v) is 1.29. The molecule has 0 aliphatic heterocycles. The molecule has 5 nitrogen and oxygen atoms in total. The molecule has 0 saturated heterocycles. The van der Waals surface area contributed by atoms with Crippen LogP contribution in [0.1, 0.15) is 6.92 Å². The zero-order chi connectivity index (χ0) is 10.8. The molecular formula is C9H17NO4. The minimum absolute atomic E-state index is 0.210. The van der Waals surface area contributed by atoms with Gasteiger partial charge in [0.25, 0.3) is 0 Å². The zero-order valence-electron chi connectivity index (χ0n) is 8.62. The van der Waals surface area contributed by atoms with Gasteiger partial charge < -0.3 is 19.9 Å². The molecule has 5 heteroatoms. The summed E-state index contributed by atoms with van der Waals surface area (Å²) >= 11 is 0. The second-order valence-electron chi connectivity index (χ2n) is 2.52. The van der Waals surface area contributed by atoms with E-state index in [4.69, 9.17) is 15.2 Å². The molecule has 0 saturated carbocycles. The Kier molecular flexibility index (Phi) is 7.87. The van der Waals surface area contributed by atoms with Crippen molar-refractivity contribution in [2.24, 2.45) is 5.73 Å². The maximum Gasteiger partial charge on any atom is 0.332 e. The second kappa shape index (κ2) is 8.52. The Morgan fingerprint density at radius 2 is 2.14 bits per heavy atom. The minimum atomic E-state index is -0.444. The van der Waals surface area contributed by atoms with Crippen LogP contribution in [0.25, 0.3) is 0 Å². The average molecular weight is 203 g/mol. The van der Waals surface area contributed by atoms with Crippen LogP contribution in [0.4, 0.5) is 0 Å². The Bertz CT molecular complexity index is 191. The number of ether oxygens (including phenoxy) is 3. The van der Waals surface area contributed by atoms with Crippen LogP contribution in [0.5, 0.6) is 0 Å². The first kappa shape index (κ1) is 12.9. The summed E-state index contributed by atoms with van der Waals surface area (Å²) in [6.45, 7) is 3.24. The molecule has 82 valence electrons. The molecule has 0 fully saturated rings. The summed E-state index contributed by atoms with van der Waals surface area (Å²) in [5.41, 5.74) is 5.83. The largest absolute Gasteiger partial charge is 0.463 e. The number of nitrogens with two attached hydrogens (primary N) is 1. The monoisotopic (exact) mass is 203 g/mol. The lowest BCUT2D eigenvalue weighted by molar-refractivity contribution is -0.137. The molecule has 2 N–H and O–H groups in total. The van der Waals surface area contributed by atoms with Crippen molar-refractivity contribution in [1.29, 1.82) is 0 Å². The number of rotatable bonds is 7. The van der Waals surface area contributed by atoms with Crippen LogP contribution in [-0.4, -0.2) is 39.5 Å². The number of methoxy groups -OCH3 is 1. The van der Waals surface area contributed by atoms with Gasteiger partial charge in [-0.25, -0.2) is 4.79 Å². The van der Waals surface area contributed by atoms with E-state index in [9.17, 15) is 4.79 Å². The lowest BCUT2D eigenvalue weighted by atomic mass is 10.4. The second-order valence-corrected chi connectivity index (χ2v) is 2.52. The summed E-state index contributed by atoms with van der Waals surface area (Å²) in [7, 11) is 1.58. The third-order valence-electron chi connectivity index (χ3n) is 1.29. The molecular weight excluding hydrogens is 186 g/mol. The molecule has 0 aromatic heterocycles. The number of carbonyl (C=O) groups is 1. The summed E-state index contributed by atoms with van der Waals surface area (Å²) < 4.78 is 14.5. The van der Waals surface area contributed by atoms with E-state index in [2.05, 4.69) is 4.74 Å². The third kappa shape index (κ3) is 7.57. The fourth-order valence-corrected chi connectivity index (χ4v) is 0.709. The van der Waals surface area contributed by atoms with Gasteiger partial charge in [-0.15, -0.1) is 0 Å². The van der Waals surface area contributed by atoms with E-state index in [0.29, 0.717) is 25.5 Å². The highest BCUT2D eigenvalue weighted by Gasteiger charge is 1.98. The Morgan fingerprint density at radius 3 is 2.71 bits per heavy atom. The summed E-state index contributed by atoms with van der Waals surface area (Å²) in [5, 5.41) is 0. The quantitative estimate of drug-likeness (QED) is 0.360. The topological polar surface area (TPSA) is 70.8 Å². The van der Waals surface area contributed by atoms with Crippen molar-refractivity contribution in [1.82, 2.24) is 0 Å². The maximum atomic E-state index is 10.9. The van der Waals surface area contributed by atoms with Crippen LogP contribution in [0.15, 0.2) is 11.8 Å². The van der Waals surface area contributed by atoms with E-state index in [1.54, 1.807) is 14.0 Å². The predicted octanol–water partition coefficient (Wildman–Crippen LogP) is 0.0551. The SMILES string of the molecule is CCOC(=O)C=C(N)COCCOC. The molecule has 0 spiro atoms. The number of hydrogen-bond donors (Lipinski definition) is 1. The maximum absolute atomic E-state index is 10.9.